The first-order valence-electron chi connectivity index (χ1n) is 8.09. The lowest BCUT2D eigenvalue weighted by atomic mass is 10.2. The van der Waals surface area contributed by atoms with Gasteiger partial charge >= 0.3 is 0 Å². The van der Waals surface area contributed by atoms with Crippen LogP contribution < -0.4 is 16.4 Å². The number of amides is 2. The smallest absolute Gasteiger partial charge is 0.255 e. The van der Waals surface area contributed by atoms with Gasteiger partial charge in [-0.05, 0) is 43.5 Å². The summed E-state index contributed by atoms with van der Waals surface area (Å²) in [6, 6.07) is 18.6. The quantitative estimate of drug-likeness (QED) is 0.770. The van der Waals surface area contributed by atoms with E-state index in [4.69, 9.17) is 0 Å². The van der Waals surface area contributed by atoms with Gasteiger partial charge in [0.15, 0.2) is 0 Å². The molecule has 1 aliphatic heterocycles. The van der Waals surface area contributed by atoms with Gasteiger partial charge in [-0.1, -0.05) is 36.4 Å². The second-order valence-corrected chi connectivity index (χ2v) is 6.05. The van der Waals surface area contributed by atoms with E-state index < -0.39 is 0 Å². The molecule has 2 aromatic carbocycles. The SMILES string of the molecule is CN.O=C(Nc1ccccc1)c1ccccc1.O=C1CSCCCN1. The summed E-state index contributed by atoms with van der Waals surface area (Å²) in [5.74, 6) is 1.88. The van der Waals surface area contributed by atoms with Gasteiger partial charge in [0.1, 0.15) is 0 Å². The van der Waals surface area contributed by atoms with E-state index in [0.717, 1.165) is 24.4 Å². The highest BCUT2D eigenvalue weighted by atomic mass is 32.2. The molecule has 0 aromatic heterocycles. The van der Waals surface area contributed by atoms with Crippen molar-refractivity contribution in [1.82, 2.24) is 5.32 Å². The van der Waals surface area contributed by atoms with Crippen LogP contribution in [0.4, 0.5) is 5.69 Å². The Hall–Kier alpha value is -2.31. The van der Waals surface area contributed by atoms with Gasteiger partial charge in [0, 0.05) is 17.8 Å². The minimum Gasteiger partial charge on any atom is -0.355 e. The number of hydrogen-bond donors (Lipinski definition) is 3. The van der Waals surface area contributed by atoms with E-state index in [1.54, 1.807) is 23.9 Å². The second-order valence-electron chi connectivity index (χ2n) is 4.94. The van der Waals surface area contributed by atoms with Gasteiger partial charge in [-0.3, -0.25) is 9.59 Å². The first-order chi connectivity index (χ1) is 12.3. The predicted molar refractivity (Wildman–Crippen MR) is 106 cm³/mol. The van der Waals surface area contributed by atoms with E-state index in [9.17, 15) is 9.59 Å². The Balaban J connectivity index is 0.000000264. The highest BCUT2D eigenvalue weighted by Gasteiger charge is 2.04. The largest absolute Gasteiger partial charge is 0.355 e. The minimum atomic E-state index is -0.0817. The van der Waals surface area contributed by atoms with Crippen molar-refractivity contribution < 1.29 is 9.59 Å². The zero-order chi connectivity index (χ0) is 18.3. The van der Waals surface area contributed by atoms with Crippen LogP contribution in [-0.2, 0) is 4.79 Å². The third-order valence-electron chi connectivity index (χ3n) is 3.09. The number of thioether (sulfide) groups is 1. The summed E-state index contributed by atoms with van der Waals surface area (Å²) in [6.07, 6.45) is 1.12. The van der Waals surface area contributed by atoms with Gasteiger partial charge in [0.25, 0.3) is 5.91 Å². The molecule has 0 saturated carbocycles. The van der Waals surface area contributed by atoms with Crippen molar-refractivity contribution in [2.75, 3.05) is 30.4 Å². The van der Waals surface area contributed by atoms with Crippen LogP contribution in [0, 0.1) is 0 Å². The maximum Gasteiger partial charge on any atom is 0.255 e. The zero-order valence-electron chi connectivity index (χ0n) is 14.4. The number of benzene rings is 2. The molecular formula is C19H25N3O2S. The third kappa shape index (κ3) is 8.93. The Kier molecular flexibility index (Phi) is 10.8. The van der Waals surface area contributed by atoms with E-state index in [-0.39, 0.29) is 11.8 Å². The minimum absolute atomic E-state index is 0.0817. The van der Waals surface area contributed by atoms with Crippen LogP contribution >= 0.6 is 11.8 Å². The number of nitrogens with one attached hydrogen (secondary N) is 2. The van der Waals surface area contributed by atoms with Gasteiger partial charge in [0.05, 0.1) is 5.75 Å². The Morgan fingerprint density at radius 3 is 2.28 bits per heavy atom. The molecule has 3 rings (SSSR count). The maximum absolute atomic E-state index is 11.7. The van der Waals surface area contributed by atoms with Crippen molar-refractivity contribution >= 4 is 29.3 Å². The summed E-state index contributed by atoms with van der Waals surface area (Å²) in [6.45, 7) is 0.867. The number of para-hydroxylation sites is 1. The topological polar surface area (TPSA) is 84.2 Å². The fourth-order valence-corrected chi connectivity index (χ4v) is 2.71. The lowest BCUT2D eigenvalue weighted by molar-refractivity contribution is -0.118. The van der Waals surface area contributed by atoms with Crippen LogP contribution in [0.25, 0.3) is 0 Å². The molecule has 2 amide bonds. The van der Waals surface area contributed by atoms with Gasteiger partial charge in [-0.25, -0.2) is 0 Å². The van der Waals surface area contributed by atoms with Crippen molar-refractivity contribution in [1.29, 1.82) is 0 Å². The Labute approximate surface area is 153 Å². The highest BCUT2D eigenvalue weighted by Crippen LogP contribution is 2.08. The van der Waals surface area contributed by atoms with E-state index in [1.807, 2.05) is 48.5 Å². The first-order valence-corrected chi connectivity index (χ1v) is 9.25. The molecule has 25 heavy (non-hydrogen) atoms. The molecule has 0 unspecified atom stereocenters. The van der Waals surface area contributed by atoms with Crippen LogP contribution in [0.2, 0.25) is 0 Å². The fraction of sp³-hybridized carbons (Fsp3) is 0.263. The van der Waals surface area contributed by atoms with Crippen LogP contribution in [0.3, 0.4) is 0 Å². The van der Waals surface area contributed by atoms with Crippen molar-refractivity contribution in [2.24, 2.45) is 5.73 Å². The Morgan fingerprint density at radius 2 is 1.64 bits per heavy atom. The molecule has 0 radical (unpaired) electrons. The molecule has 0 bridgehead atoms. The average Bonchev–Trinajstić information content (AvgIpc) is 2.93. The normalized spacial score (nSPS) is 13.0. The van der Waals surface area contributed by atoms with Crippen LogP contribution in [0.15, 0.2) is 60.7 Å². The van der Waals surface area contributed by atoms with Crippen LogP contribution in [-0.4, -0.2) is 36.9 Å². The lowest BCUT2D eigenvalue weighted by Gasteiger charge is -2.03. The van der Waals surface area contributed by atoms with Gasteiger partial charge < -0.3 is 16.4 Å². The molecule has 0 atom stereocenters. The monoisotopic (exact) mass is 359 g/mol. The van der Waals surface area contributed by atoms with E-state index in [1.165, 1.54) is 7.05 Å². The molecule has 0 spiro atoms. The molecule has 6 heteroatoms. The molecule has 134 valence electrons. The standard InChI is InChI=1S/C13H11NO.C5H9NOS.CH5N/c15-13(11-7-3-1-4-8-11)14-12-9-5-2-6-10-12;7-5-4-8-3-1-2-6-5;1-2/h1-10H,(H,14,15);1-4H2,(H,6,7);2H2,1H3. The van der Waals surface area contributed by atoms with Crippen molar-refractivity contribution in [2.45, 2.75) is 6.42 Å². The lowest BCUT2D eigenvalue weighted by Crippen LogP contribution is -2.23. The number of carbonyl (C=O) groups is 2. The fourth-order valence-electron chi connectivity index (χ4n) is 1.93. The molecule has 1 saturated heterocycles. The van der Waals surface area contributed by atoms with Gasteiger partial charge in [0.2, 0.25) is 5.91 Å². The van der Waals surface area contributed by atoms with Gasteiger partial charge in [-0.15, -0.1) is 0 Å². The molecule has 0 aliphatic carbocycles. The number of carbonyl (C=O) groups excluding carboxylic acids is 2. The summed E-state index contributed by atoms with van der Waals surface area (Å²) < 4.78 is 0. The van der Waals surface area contributed by atoms with E-state index in [2.05, 4.69) is 16.4 Å². The molecule has 2 aromatic rings. The van der Waals surface area contributed by atoms with Crippen molar-refractivity contribution in [3.63, 3.8) is 0 Å². The molecule has 1 heterocycles. The summed E-state index contributed by atoms with van der Waals surface area (Å²) in [7, 11) is 1.50. The molecule has 5 nitrogen and oxygen atoms in total. The number of anilines is 1. The average molecular weight is 359 g/mol. The van der Waals surface area contributed by atoms with Crippen molar-refractivity contribution in [3.8, 4) is 0 Å². The highest BCUT2D eigenvalue weighted by molar-refractivity contribution is 7.99. The third-order valence-corrected chi connectivity index (χ3v) is 4.13. The summed E-state index contributed by atoms with van der Waals surface area (Å²) in [4.78, 5) is 22.3. The van der Waals surface area contributed by atoms with Crippen LogP contribution in [0.1, 0.15) is 16.8 Å². The predicted octanol–water partition coefficient (Wildman–Crippen LogP) is 2.75. The molecule has 1 aliphatic rings. The van der Waals surface area contributed by atoms with E-state index >= 15 is 0 Å². The second kappa shape index (κ2) is 13.0. The summed E-state index contributed by atoms with van der Waals surface area (Å²) in [5.41, 5.74) is 5.98. The van der Waals surface area contributed by atoms with E-state index in [0.29, 0.717) is 11.3 Å². The summed E-state index contributed by atoms with van der Waals surface area (Å²) >= 11 is 1.71. The van der Waals surface area contributed by atoms with Crippen LogP contribution in [0.5, 0.6) is 0 Å². The number of nitrogens with two attached hydrogens (primary N) is 1. The van der Waals surface area contributed by atoms with Crippen molar-refractivity contribution in [3.05, 3.63) is 66.2 Å². The maximum atomic E-state index is 11.7. The molecule has 1 fully saturated rings. The number of rotatable bonds is 2. The first kappa shape index (κ1) is 20.7. The van der Waals surface area contributed by atoms with Gasteiger partial charge in [-0.2, -0.15) is 11.8 Å². The molecular weight excluding hydrogens is 334 g/mol. The Bertz CT molecular complexity index is 611. The Morgan fingerprint density at radius 1 is 1.04 bits per heavy atom. The molecule has 4 N–H and O–H groups in total. The zero-order valence-corrected chi connectivity index (χ0v) is 15.2. The number of hydrogen-bond acceptors (Lipinski definition) is 4. The summed E-state index contributed by atoms with van der Waals surface area (Å²) in [5, 5.41) is 5.60.